The topological polar surface area (TPSA) is 34.3 Å². The predicted molar refractivity (Wildman–Crippen MR) is 150 cm³/mol. The summed E-state index contributed by atoms with van der Waals surface area (Å²) in [4.78, 5) is 4.92. The van der Waals surface area contributed by atoms with Gasteiger partial charge in [-0.2, -0.15) is 4.40 Å². The number of ether oxygens (including phenoxy) is 1. The number of imidazole rings is 1. The predicted octanol–water partition coefficient (Wildman–Crippen LogP) is 6.36. The van der Waals surface area contributed by atoms with E-state index in [1.165, 1.54) is 50.0 Å². The fourth-order valence-corrected chi connectivity index (χ4v) is 7.66. The van der Waals surface area contributed by atoms with Crippen LogP contribution in [-0.4, -0.2) is 9.38 Å². The Labute approximate surface area is 224 Å². The van der Waals surface area contributed by atoms with E-state index in [1.807, 2.05) is 12.3 Å². The van der Waals surface area contributed by atoms with Gasteiger partial charge in [0.15, 0.2) is 22.7 Å². The maximum absolute atomic E-state index is 6.75. The minimum atomic E-state index is -0.598. The number of para-hydroxylation sites is 2. The van der Waals surface area contributed by atoms with Crippen LogP contribution in [0.4, 0.5) is 0 Å². The summed E-state index contributed by atoms with van der Waals surface area (Å²) in [5.74, 6) is 1.84. The molecule has 7 aromatic rings. The molecule has 5 heteroatoms. The van der Waals surface area contributed by atoms with E-state index in [2.05, 4.69) is 113 Å². The molecule has 4 aromatic heterocycles. The van der Waals surface area contributed by atoms with Crippen molar-refractivity contribution in [2.75, 3.05) is 0 Å². The van der Waals surface area contributed by atoms with Gasteiger partial charge in [-0.25, -0.2) is 0 Å². The first-order valence-corrected chi connectivity index (χ1v) is 13.6. The molecule has 0 bridgehead atoms. The van der Waals surface area contributed by atoms with Gasteiger partial charge in [-0.1, -0.05) is 39.0 Å². The van der Waals surface area contributed by atoms with Gasteiger partial charge in [0, 0.05) is 23.7 Å². The van der Waals surface area contributed by atoms with Crippen molar-refractivity contribution in [2.24, 2.45) is 0 Å². The molecule has 1 atom stereocenters. The highest BCUT2D eigenvalue weighted by Crippen LogP contribution is 2.58. The van der Waals surface area contributed by atoms with E-state index in [4.69, 9.17) is 9.72 Å². The first kappa shape index (κ1) is 20.2. The van der Waals surface area contributed by atoms with Crippen molar-refractivity contribution in [3.63, 3.8) is 0 Å². The van der Waals surface area contributed by atoms with Gasteiger partial charge in [0.25, 0.3) is 0 Å². The van der Waals surface area contributed by atoms with Crippen molar-refractivity contribution in [1.29, 1.82) is 0 Å². The van der Waals surface area contributed by atoms with E-state index in [0.29, 0.717) is 0 Å². The number of hydrogen-bond donors (Lipinski definition) is 0. The zero-order chi connectivity index (χ0) is 25.8. The van der Waals surface area contributed by atoms with Gasteiger partial charge in [-0.15, -0.1) is 9.13 Å². The highest BCUT2D eigenvalue weighted by atomic mass is 16.5. The lowest BCUT2D eigenvalue weighted by Crippen LogP contribution is -2.71. The second kappa shape index (κ2) is 6.10. The van der Waals surface area contributed by atoms with Gasteiger partial charge < -0.3 is 4.74 Å². The van der Waals surface area contributed by atoms with Gasteiger partial charge >= 0.3 is 11.3 Å². The minimum Gasteiger partial charge on any atom is -0.456 e. The largest absolute Gasteiger partial charge is 0.456 e. The van der Waals surface area contributed by atoms with Crippen LogP contribution in [0.25, 0.3) is 49.7 Å². The summed E-state index contributed by atoms with van der Waals surface area (Å²) in [7, 11) is 0. The fourth-order valence-electron chi connectivity index (χ4n) is 7.66. The Bertz CT molecular complexity index is 2310. The zero-order valence-corrected chi connectivity index (χ0v) is 21.9. The molecule has 39 heavy (non-hydrogen) atoms. The van der Waals surface area contributed by atoms with Crippen LogP contribution in [0.5, 0.6) is 11.5 Å². The summed E-state index contributed by atoms with van der Waals surface area (Å²) >= 11 is 0. The molecular formula is C34H24N4O+2. The van der Waals surface area contributed by atoms with Crippen LogP contribution in [0.15, 0.2) is 91.3 Å². The lowest BCUT2D eigenvalue weighted by Gasteiger charge is -2.28. The number of nitrogens with zero attached hydrogens (tertiary/aromatic N) is 4. The summed E-state index contributed by atoms with van der Waals surface area (Å²) in [6, 6.07) is 28.6. The molecule has 0 amide bonds. The normalized spacial score (nSPS) is 17.9. The maximum Gasteiger partial charge on any atom is 0.372 e. The van der Waals surface area contributed by atoms with Gasteiger partial charge in [0.1, 0.15) is 28.1 Å². The van der Waals surface area contributed by atoms with E-state index < -0.39 is 5.66 Å². The van der Waals surface area contributed by atoms with E-state index in [-0.39, 0.29) is 5.41 Å². The third-order valence-electron chi connectivity index (χ3n) is 9.17. The highest BCUT2D eigenvalue weighted by Gasteiger charge is 2.69. The molecule has 0 saturated carbocycles. The SMILES string of the molecule is CC(C)(C)c1cc[n+]2c(c1)-c1cccc3c1C21c2c(ccc4c5ncccc5n5c6ccccc6[n+]1c5c24)O3. The number of hydrogen-bond acceptors (Lipinski definition) is 2. The van der Waals surface area contributed by atoms with Crippen LogP contribution in [-0.2, 0) is 11.1 Å². The van der Waals surface area contributed by atoms with Gasteiger partial charge in [0.05, 0.1) is 10.9 Å². The summed E-state index contributed by atoms with van der Waals surface area (Å²) in [5, 5.41) is 2.38. The van der Waals surface area contributed by atoms with Crippen LogP contribution in [0, 0.1) is 0 Å². The third-order valence-corrected chi connectivity index (χ3v) is 9.17. The highest BCUT2D eigenvalue weighted by molar-refractivity contribution is 6.14. The van der Waals surface area contributed by atoms with E-state index in [9.17, 15) is 0 Å². The Morgan fingerprint density at radius 2 is 1.69 bits per heavy atom. The number of pyridine rings is 3. The Morgan fingerprint density at radius 1 is 0.846 bits per heavy atom. The summed E-state index contributed by atoms with van der Waals surface area (Å²) in [6.45, 7) is 6.85. The molecule has 184 valence electrons. The van der Waals surface area contributed by atoms with Crippen molar-refractivity contribution in [2.45, 2.75) is 31.8 Å². The molecule has 7 heterocycles. The maximum atomic E-state index is 6.75. The van der Waals surface area contributed by atoms with Crippen LogP contribution in [0.3, 0.4) is 0 Å². The summed E-state index contributed by atoms with van der Waals surface area (Å²) in [6.07, 6.45) is 4.21. The Hall–Kier alpha value is -4.77. The molecule has 0 radical (unpaired) electrons. The standard InChI is InChI=1S/C34H24N4O/c1-33(2,3)19-15-17-36-25(18-19)20-8-6-12-26-29(20)34(36)30-27(39-26)14-13-21-28(30)32-37(24-11-7-16-35-31(21)24)22-9-4-5-10-23(22)38(32)34/h4-18H,1-3H3/q+2. The molecule has 3 aliphatic heterocycles. The number of rotatable bonds is 0. The monoisotopic (exact) mass is 504 g/mol. The Kier molecular flexibility index (Phi) is 3.16. The van der Waals surface area contributed by atoms with Crippen molar-refractivity contribution < 1.29 is 13.9 Å². The molecular weight excluding hydrogens is 480 g/mol. The first-order valence-electron chi connectivity index (χ1n) is 13.6. The van der Waals surface area contributed by atoms with Crippen molar-refractivity contribution in [1.82, 2.24) is 9.38 Å². The molecule has 1 unspecified atom stereocenters. The molecule has 0 N–H and O–H groups in total. The van der Waals surface area contributed by atoms with Crippen molar-refractivity contribution in [3.05, 3.63) is 108 Å². The quantitative estimate of drug-likeness (QED) is 0.178. The van der Waals surface area contributed by atoms with Crippen LogP contribution in [0.1, 0.15) is 37.5 Å². The number of fused-ring (bicyclic) bond motifs is 8. The molecule has 3 aromatic carbocycles. The molecule has 10 rings (SSSR count). The van der Waals surface area contributed by atoms with E-state index in [0.717, 1.165) is 27.9 Å². The van der Waals surface area contributed by atoms with Crippen molar-refractivity contribution >= 4 is 38.5 Å². The van der Waals surface area contributed by atoms with E-state index in [1.54, 1.807) is 0 Å². The second-order valence-corrected chi connectivity index (χ2v) is 12.1. The minimum absolute atomic E-state index is 0.0380. The Balaban J connectivity index is 1.54. The Morgan fingerprint density at radius 3 is 2.59 bits per heavy atom. The molecule has 0 aliphatic carbocycles. The zero-order valence-electron chi connectivity index (χ0n) is 21.9. The molecule has 0 fully saturated rings. The molecule has 3 aliphatic rings. The fraction of sp³-hybridized carbons (Fsp3) is 0.147. The van der Waals surface area contributed by atoms with E-state index >= 15 is 0 Å². The second-order valence-electron chi connectivity index (χ2n) is 12.1. The number of aromatic nitrogens is 4. The van der Waals surface area contributed by atoms with Gasteiger partial charge in [0.2, 0.25) is 5.69 Å². The molecule has 5 nitrogen and oxygen atoms in total. The summed E-state index contributed by atoms with van der Waals surface area (Å²) < 4.78 is 14.2. The lowest BCUT2D eigenvalue weighted by molar-refractivity contribution is -0.940. The van der Waals surface area contributed by atoms with Crippen LogP contribution in [0.2, 0.25) is 0 Å². The smallest absolute Gasteiger partial charge is 0.372 e. The van der Waals surface area contributed by atoms with Gasteiger partial charge in [-0.05, 0) is 59.5 Å². The average molecular weight is 505 g/mol. The van der Waals surface area contributed by atoms with Crippen molar-refractivity contribution in [3.8, 4) is 22.8 Å². The average Bonchev–Trinajstić information content (AvgIpc) is 3.56. The molecule has 1 spiro atoms. The number of benzene rings is 3. The molecule has 0 saturated heterocycles. The third kappa shape index (κ3) is 2.00. The summed E-state index contributed by atoms with van der Waals surface area (Å²) in [5.41, 5.74) is 11.3. The first-order chi connectivity index (χ1) is 19.0. The van der Waals surface area contributed by atoms with Gasteiger partial charge in [-0.3, -0.25) is 4.98 Å². The van der Waals surface area contributed by atoms with Crippen LogP contribution >= 0.6 is 0 Å². The van der Waals surface area contributed by atoms with Crippen LogP contribution < -0.4 is 13.9 Å². The lowest BCUT2D eigenvalue weighted by atomic mass is 9.85.